The van der Waals surface area contributed by atoms with Crippen LogP contribution in [0.2, 0.25) is 0 Å². The first kappa shape index (κ1) is 23.0. The van der Waals surface area contributed by atoms with E-state index < -0.39 is 34.5 Å². The van der Waals surface area contributed by atoms with Crippen molar-refractivity contribution in [3.8, 4) is 17.0 Å². The number of amides is 1. The predicted molar refractivity (Wildman–Crippen MR) is 139 cm³/mol. The van der Waals surface area contributed by atoms with Crippen LogP contribution in [0.3, 0.4) is 0 Å². The number of pyridine rings is 1. The smallest absolute Gasteiger partial charge is 0.255 e. The van der Waals surface area contributed by atoms with Crippen molar-refractivity contribution in [1.82, 2.24) is 15.0 Å². The van der Waals surface area contributed by atoms with Gasteiger partial charge in [-0.2, -0.15) is 0 Å². The molecule has 0 fully saturated rings. The molecule has 0 saturated heterocycles. The SMILES string of the molecule is [2H]c1c(C(=O)Nc2ccc(C)c(Nc3nccc(-c4cncc(OCCF)c4)n3)c2)ccc(S(C)(=O)=O)c1[2H]. The molecule has 4 rings (SSSR count). The number of ether oxygens (including phenoxy) is 1. The van der Waals surface area contributed by atoms with Crippen molar-refractivity contribution in [2.75, 3.05) is 30.2 Å². The summed E-state index contributed by atoms with van der Waals surface area (Å²) in [6, 6.07) is 9.82. The first-order valence-corrected chi connectivity index (χ1v) is 12.9. The third-order valence-corrected chi connectivity index (χ3v) is 6.16. The second-order valence-corrected chi connectivity index (χ2v) is 9.94. The fourth-order valence-electron chi connectivity index (χ4n) is 3.25. The highest BCUT2D eigenvalue weighted by Crippen LogP contribution is 2.26. The monoisotopic (exact) mass is 523 g/mol. The van der Waals surface area contributed by atoms with Crippen molar-refractivity contribution >= 4 is 33.1 Å². The van der Waals surface area contributed by atoms with Crippen molar-refractivity contribution in [3.63, 3.8) is 0 Å². The van der Waals surface area contributed by atoms with Crippen LogP contribution >= 0.6 is 0 Å². The van der Waals surface area contributed by atoms with Gasteiger partial charge in [-0.15, -0.1) is 0 Å². The molecular weight excluding hydrogens is 497 g/mol. The topological polar surface area (TPSA) is 123 Å². The molecule has 2 aromatic heterocycles. The van der Waals surface area contributed by atoms with Crippen LogP contribution in [0.5, 0.6) is 5.75 Å². The highest BCUT2D eigenvalue weighted by molar-refractivity contribution is 7.90. The summed E-state index contributed by atoms with van der Waals surface area (Å²) >= 11 is 0. The summed E-state index contributed by atoms with van der Waals surface area (Å²) in [7, 11) is -3.71. The lowest BCUT2D eigenvalue weighted by atomic mass is 10.1. The molecule has 0 aliphatic carbocycles. The Labute approximate surface area is 216 Å². The van der Waals surface area contributed by atoms with Gasteiger partial charge >= 0.3 is 0 Å². The number of carbonyl (C=O) groups excluding carboxylic acids is 1. The van der Waals surface area contributed by atoms with Crippen LogP contribution in [-0.2, 0) is 9.84 Å². The van der Waals surface area contributed by atoms with E-state index in [0.717, 1.165) is 17.9 Å². The number of nitrogens with zero attached hydrogens (tertiary/aromatic N) is 3. The normalized spacial score (nSPS) is 11.9. The maximum Gasteiger partial charge on any atom is 0.255 e. The summed E-state index contributed by atoms with van der Waals surface area (Å²) in [6.07, 6.45) is 5.59. The lowest BCUT2D eigenvalue weighted by molar-refractivity contribution is 0.102. The number of carbonyl (C=O) groups is 1. The summed E-state index contributed by atoms with van der Waals surface area (Å²) in [5.41, 5.74) is 2.89. The lowest BCUT2D eigenvalue weighted by Gasteiger charge is -2.12. The highest BCUT2D eigenvalue weighted by atomic mass is 32.2. The number of benzene rings is 2. The zero-order valence-corrected chi connectivity index (χ0v) is 20.8. The number of hydrogen-bond donors (Lipinski definition) is 2. The van der Waals surface area contributed by atoms with E-state index in [1.807, 2.05) is 6.92 Å². The third kappa shape index (κ3) is 6.64. The Hall–Kier alpha value is -4.38. The van der Waals surface area contributed by atoms with Crippen LogP contribution in [0.4, 0.5) is 21.7 Å². The summed E-state index contributed by atoms with van der Waals surface area (Å²) in [5, 5.41) is 5.80. The maximum atomic E-state index is 12.9. The molecule has 9 nitrogen and oxygen atoms in total. The number of nitrogens with one attached hydrogen (secondary N) is 2. The van der Waals surface area contributed by atoms with Crippen LogP contribution in [0, 0.1) is 6.92 Å². The van der Waals surface area contributed by atoms with Gasteiger partial charge in [-0.05, 0) is 61.0 Å². The Bertz CT molecular complexity index is 1650. The van der Waals surface area contributed by atoms with Gasteiger partial charge in [-0.25, -0.2) is 22.8 Å². The molecule has 0 unspecified atom stereocenters. The van der Waals surface area contributed by atoms with Gasteiger partial charge in [0.1, 0.15) is 19.0 Å². The Morgan fingerprint density at radius 3 is 2.76 bits per heavy atom. The van der Waals surface area contributed by atoms with E-state index in [1.54, 1.807) is 42.7 Å². The van der Waals surface area contributed by atoms with Gasteiger partial charge in [0, 0.05) is 41.2 Å². The minimum Gasteiger partial charge on any atom is -0.489 e. The second-order valence-electron chi connectivity index (χ2n) is 7.95. The van der Waals surface area contributed by atoms with Crippen molar-refractivity contribution in [2.45, 2.75) is 11.8 Å². The van der Waals surface area contributed by atoms with Gasteiger partial charge in [-0.3, -0.25) is 9.78 Å². The van der Waals surface area contributed by atoms with E-state index in [0.29, 0.717) is 28.4 Å². The van der Waals surface area contributed by atoms with Gasteiger partial charge < -0.3 is 15.4 Å². The minimum atomic E-state index is -3.71. The molecule has 0 aliphatic heterocycles. The third-order valence-electron chi connectivity index (χ3n) is 5.12. The quantitative estimate of drug-likeness (QED) is 0.326. The number of alkyl halides is 1. The molecular formula is C26H24FN5O4S. The Morgan fingerprint density at radius 1 is 1.14 bits per heavy atom. The van der Waals surface area contributed by atoms with E-state index in [-0.39, 0.29) is 23.0 Å². The van der Waals surface area contributed by atoms with E-state index in [1.165, 1.54) is 12.3 Å². The molecule has 2 heterocycles. The van der Waals surface area contributed by atoms with Gasteiger partial charge in [0.15, 0.2) is 9.84 Å². The fourth-order valence-corrected chi connectivity index (χ4v) is 3.80. The van der Waals surface area contributed by atoms with E-state index >= 15 is 0 Å². The number of aromatic nitrogens is 3. The minimum absolute atomic E-state index is 0.0762. The number of aryl methyl sites for hydroxylation is 1. The molecule has 2 aromatic carbocycles. The molecule has 37 heavy (non-hydrogen) atoms. The van der Waals surface area contributed by atoms with Crippen LogP contribution in [-0.4, -0.2) is 48.8 Å². The number of sulfone groups is 1. The molecule has 0 bridgehead atoms. The van der Waals surface area contributed by atoms with Crippen LogP contribution in [0.1, 0.15) is 18.7 Å². The van der Waals surface area contributed by atoms with Crippen molar-refractivity contribution in [2.24, 2.45) is 0 Å². The number of anilines is 3. The second kappa shape index (κ2) is 11.1. The summed E-state index contributed by atoms with van der Waals surface area (Å²) in [6.45, 7) is 1.16. The zero-order valence-electron chi connectivity index (χ0n) is 21.9. The molecule has 0 saturated carbocycles. The summed E-state index contributed by atoms with van der Waals surface area (Å²) < 4.78 is 57.4. The van der Waals surface area contributed by atoms with E-state index in [9.17, 15) is 17.6 Å². The summed E-state index contributed by atoms with van der Waals surface area (Å²) in [5.74, 6) is 0.0265. The molecule has 0 radical (unpaired) electrons. The van der Waals surface area contributed by atoms with Gasteiger partial charge in [-0.1, -0.05) is 6.07 Å². The molecule has 4 aromatic rings. The van der Waals surface area contributed by atoms with E-state index in [4.69, 9.17) is 7.48 Å². The van der Waals surface area contributed by atoms with Gasteiger partial charge in [0.05, 0.1) is 19.5 Å². The van der Waals surface area contributed by atoms with Crippen LogP contribution < -0.4 is 15.4 Å². The summed E-state index contributed by atoms with van der Waals surface area (Å²) in [4.78, 5) is 25.4. The lowest BCUT2D eigenvalue weighted by Crippen LogP contribution is -2.12. The number of halogens is 1. The molecule has 190 valence electrons. The van der Waals surface area contributed by atoms with Gasteiger partial charge in [0.25, 0.3) is 5.91 Å². The predicted octanol–water partition coefficient (Wildman–Crippen LogP) is 4.59. The van der Waals surface area contributed by atoms with Crippen molar-refractivity contribution in [3.05, 3.63) is 84.3 Å². The van der Waals surface area contributed by atoms with E-state index in [2.05, 4.69) is 25.6 Å². The average molecular weight is 524 g/mol. The Balaban J connectivity index is 1.54. The Morgan fingerprint density at radius 2 is 1.97 bits per heavy atom. The average Bonchev–Trinajstić information content (AvgIpc) is 2.90. The van der Waals surface area contributed by atoms with Crippen LogP contribution in [0.15, 0.2) is 78.0 Å². The van der Waals surface area contributed by atoms with Gasteiger partial charge in [0.2, 0.25) is 5.95 Å². The highest BCUT2D eigenvalue weighted by Gasteiger charge is 2.12. The molecule has 0 aliphatic rings. The zero-order chi connectivity index (χ0) is 28.2. The number of rotatable bonds is 9. The first-order chi connectivity index (χ1) is 18.6. The van der Waals surface area contributed by atoms with Crippen LogP contribution in [0.25, 0.3) is 11.3 Å². The molecule has 0 atom stereocenters. The molecule has 2 N–H and O–H groups in total. The largest absolute Gasteiger partial charge is 0.489 e. The van der Waals surface area contributed by atoms with Crippen molar-refractivity contribution in [1.29, 1.82) is 0 Å². The maximum absolute atomic E-state index is 12.9. The fraction of sp³-hybridized carbons (Fsp3) is 0.154. The van der Waals surface area contributed by atoms with Crippen molar-refractivity contribution < 1.29 is 25.1 Å². The molecule has 11 heteroatoms. The molecule has 0 spiro atoms. The molecule has 1 amide bonds. The first-order valence-electron chi connectivity index (χ1n) is 12.0. The standard InChI is InChI=1S/C26H24FN5O4S/c1-17-3-6-20(30-25(33)18-4-7-22(8-5-18)37(2,34)35)14-24(17)32-26-29-11-9-23(31-26)19-13-21(16-28-15-19)36-12-10-27/h3-9,11,13-16H,10,12H2,1-2H3,(H,30,33)(H,29,31,32)/i4D,7D. The Kier molecular flexibility index (Phi) is 6.93. The number of hydrogen-bond acceptors (Lipinski definition) is 8.